The van der Waals surface area contributed by atoms with Gasteiger partial charge in [0.1, 0.15) is 17.1 Å². The molecule has 3 atom stereocenters. The van der Waals surface area contributed by atoms with Gasteiger partial charge in [0.2, 0.25) is 5.95 Å². The van der Waals surface area contributed by atoms with E-state index in [4.69, 9.17) is 19.8 Å². The Morgan fingerprint density at radius 3 is 2.34 bits per heavy atom. The Morgan fingerprint density at radius 1 is 1.08 bits per heavy atom. The molecule has 3 fully saturated rings. The third-order valence-electron chi connectivity index (χ3n) is 7.29. The van der Waals surface area contributed by atoms with E-state index in [0.717, 1.165) is 66.8 Å². The Labute approximate surface area is 218 Å². The normalized spacial score (nSPS) is 22.1. The Kier molecular flexibility index (Phi) is 7.46. The lowest BCUT2D eigenvalue weighted by Crippen LogP contribution is -2.46. The first-order chi connectivity index (χ1) is 18.3. The van der Waals surface area contributed by atoms with Crippen LogP contribution >= 0.6 is 0 Å². The smallest absolute Gasteiger partial charge is 0.373 e. The second kappa shape index (κ2) is 10.9. The highest BCUT2D eigenvalue weighted by Gasteiger charge is 2.43. The fourth-order valence-electron chi connectivity index (χ4n) is 5.54. The number of ether oxygens (including phenoxy) is 1. The van der Waals surface area contributed by atoms with Gasteiger partial charge in [0.15, 0.2) is 0 Å². The largest absolute Gasteiger partial charge is 0.483 e. The molecule has 1 saturated carbocycles. The van der Waals surface area contributed by atoms with Crippen LogP contribution in [0.1, 0.15) is 71.9 Å². The molecule has 0 spiro atoms. The van der Waals surface area contributed by atoms with E-state index in [2.05, 4.69) is 32.2 Å². The van der Waals surface area contributed by atoms with E-state index < -0.39 is 12.2 Å². The number of aryl methyl sites for hydroxylation is 1. The molecule has 2 N–H and O–H groups in total. The van der Waals surface area contributed by atoms with Crippen molar-refractivity contribution in [1.29, 1.82) is 0 Å². The van der Waals surface area contributed by atoms with Gasteiger partial charge in [-0.25, -0.2) is 14.8 Å². The lowest BCUT2D eigenvalue weighted by atomic mass is 9.99. The molecule has 2 aromatic heterocycles. The van der Waals surface area contributed by atoms with E-state index in [-0.39, 0.29) is 11.8 Å². The number of amides is 1. The molecule has 11 heteroatoms. The van der Waals surface area contributed by atoms with E-state index >= 15 is 0 Å². The number of hydrogen-bond acceptors (Lipinski definition) is 8. The van der Waals surface area contributed by atoms with Crippen LogP contribution in [0, 0.1) is 6.92 Å². The number of rotatable bonds is 7. The number of benzene rings is 1. The lowest BCUT2D eigenvalue weighted by molar-refractivity contribution is 0.0144. The van der Waals surface area contributed by atoms with Crippen molar-refractivity contribution >= 4 is 18.1 Å². The Hall–Kier alpha value is -3.73. The Balaban J connectivity index is 0.000000689. The topological polar surface area (TPSA) is 124 Å². The van der Waals surface area contributed by atoms with Gasteiger partial charge in [-0.2, -0.15) is 0 Å². The van der Waals surface area contributed by atoms with E-state index in [1.54, 1.807) is 6.07 Å². The van der Waals surface area contributed by atoms with Crippen LogP contribution in [0.5, 0.6) is 0 Å². The minimum atomic E-state index is -2.83. The molecule has 2 aliphatic heterocycles. The molecule has 3 aromatic rings. The fraction of sp³-hybridized carbons (Fsp3) is 0.444. The molecule has 0 radical (unpaired) electrons. The van der Waals surface area contributed by atoms with Crippen LogP contribution in [0.15, 0.2) is 40.9 Å². The van der Waals surface area contributed by atoms with Crippen LogP contribution in [0.3, 0.4) is 0 Å². The molecule has 2 saturated heterocycles. The van der Waals surface area contributed by atoms with E-state index in [0.29, 0.717) is 30.6 Å². The highest BCUT2D eigenvalue weighted by atomic mass is 19.3. The number of hydrogen-bond donors (Lipinski definition) is 1. The third-order valence-corrected chi connectivity index (χ3v) is 7.29. The van der Waals surface area contributed by atoms with Crippen molar-refractivity contribution in [3.05, 3.63) is 59.1 Å². The minimum absolute atomic E-state index is 0.153. The summed E-state index contributed by atoms with van der Waals surface area (Å²) in [7, 11) is 0. The number of primary amides is 1. The number of halogens is 2. The number of nitrogens with zero attached hydrogens (tertiary/aromatic N) is 4. The molecular formula is C27H29F2N5O4. The molecule has 4 heterocycles. The van der Waals surface area contributed by atoms with Crippen molar-refractivity contribution < 1.29 is 27.6 Å². The van der Waals surface area contributed by atoms with Gasteiger partial charge in [-0.3, -0.25) is 4.79 Å². The standard InChI is InChI=1S/C26H29N5O3.CF2O/c1-15-11-22(25(27)32)29-26(28-15)31-18-9-10-19(31)13-20(12-18)33-14-21-23(16-5-3-2-4-6-16)30-34-24(21)17-7-8-17;2-1(3)4/h2-6,11,17-20H,7-10,12-14H2,1H3,(H2,27,32);/t18-,19?,20?;/m0./s1. The SMILES string of the molecule is Cc1cc(C(N)=O)nc(N2C3CC[C@H]2CC(OCc2c(-c4ccccc4)noc2C2CC2)C3)n1.O=C(F)F. The summed E-state index contributed by atoms with van der Waals surface area (Å²) in [6.45, 7) is 2.38. The maximum absolute atomic E-state index is 11.7. The Bertz CT molecular complexity index is 1300. The van der Waals surface area contributed by atoms with E-state index in [1.165, 1.54) is 0 Å². The van der Waals surface area contributed by atoms with Crippen molar-refractivity contribution in [2.45, 2.75) is 76.2 Å². The summed E-state index contributed by atoms with van der Waals surface area (Å²) in [6.07, 6.45) is 3.59. The van der Waals surface area contributed by atoms with E-state index in [1.807, 2.05) is 25.1 Å². The van der Waals surface area contributed by atoms with Gasteiger partial charge in [-0.05, 0) is 51.5 Å². The first-order valence-corrected chi connectivity index (χ1v) is 12.7. The number of piperidine rings is 1. The molecule has 200 valence electrons. The fourth-order valence-corrected chi connectivity index (χ4v) is 5.54. The molecule has 1 aromatic carbocycles. The van der Waals surface area contributed by atoms with E-state index in [9.17, 15) is 13.6 Å². The summed E-state index contributed by atoms with van der Waals surface area (Å²) in [5, 5.41) is 4.42. The van der Waals surface area contributed by atoms with Crippen LogP contribution in [0.4, 0.5) is 19.5 Å². The second-order valence-electron chi connectivity index (χ2n) is 10.00. The average Bonchev–Trinajstić information content (AvgIpc) is 3.58. The van der Waals surface area contributed by atoms with Crippen molar-refractivity contribution in [3.63, 3.8) is 0 Å². The van der Waals surface area contributed by atoms with Crippen LogP contribution in [0.2, 0.25) is 0 Å². The molecule has 2 bridgehead atoms. The minimum Gasteiger partial charge on any atom is -0.373 e. The van der Waals surface area contributed by atoms with Gasteiger partial charge in [0.05, 0.1) is 12.7 Å². The van der Waals surface area contributed by atoms with Gasteiger partial charge in [-0.15, -0.1) is 8.78 Å². The molecule has 3 aliphatic rings. The van der Waals surface area contributed by atoms with Crippen LogP contribution in [0.25, 0.3) is 11.3 Å². The van der Waals surface area contributed by atoms with Crippen molar-refractivity contribution in [2.24, 2.45) is 5.73 Å². The number of aromatic nitrogens is 3. The number of nitrogens with two attached hydrogens (primary N) is 1. The molecule has 38 heavy (non-hydrogen) atoms. The molecule has 9 nitrogen and oxygen atoms in total. The molecule has 2 unspecified atom stereocenters. The number of anilines is 1. The number of fused-ring (bicyclic) bond motifs is 2. The summed E-state index contributed by atoms with van der Waals surface area (Å²) in [6, 6.07) is 12.4. The first kappa shape index (κ1) is 25.9. The van der Waals surface area contributed by atoms with Gasteiger partial charge in [0, 0.05) is 34.8 Å². The summed E-state index contributed by atoms with van der Waals surface area (Å²) in [5.74, 6) is 1.55. The summed E-state index contributed by atoms with van der Waals surface area (Å²) in [5.41, 5.74) is 9.57. The highest BCUT2D eigenvalue weighted by Crippen LogP contribution is 2.45. The predicted molar refractivity (Wildman–Crippen MR) is 134 cm³/mol. The average molecular weight is 526 g/mol. The quantitative estimate of drug-likeness (QED) is 0.419. The van der Waals surface area contributed by atoms with Gasteiger partial charge < -0.3 is 19.9 Å². The maximum Gasteiger partial charge on any atom is 0.483 e. The van der Waals surface area contributed by atoms with Gasteiger partial charge in [-0.1, -0.05) is 35.5 Å². The van der Waals surface area contributed by atoms with Crippen molar-refractivity contribution in [3.8, 4) is 11.3 Å². The van der Waals surface area contributed by atoms with Gasteiger partial charge >= 0.3 is 6.29 Å². The predicted octanol–water partition coefficient (Wildman–Crippen LogP) is 5.18. The van der Waals surface area contributed by atoms with Crippen LogP contribution in [-0.2, 0) is 11.3 Å². The van der Waals surface area contributed by atoms with Crippen molar-refractivity contribution in [2.75, 3.05) is 4.90 Å². The number of carbonyl (C=O) groups is 2. The van der Waals surface area contributed by atoms with Crippen LogP contribution in [-0.4, -0.2) is 45.5 Å². The van der Waals surface area contributed by atoms with Crippen LogP contribution < -0.4 is 10.6 Å². The zero-order valence-corrected chi connectivity index (χ0v) is 21.0. The molecular weight excluding hydrogens is 496 g/mol. The zero-order valence-electron chi connectivity index (χ0n) is 21.0. The summed E-state index contributed by atoms with van der Waals surface area (Å²) in [4.78, 5) is 31.2. The molecule has 6 rings (SSSR count). The summed E-state index contributed by atoms with van der Waals surface area (Å²) >= 11 is 0. The highest BCUT2D eigenvalue weighted by molar-refractivity contribution is 5.91. The zero-order chi connectivity index (χ0) is 26.8. The monoisotopic (exact) mass is 525 g/mol. The Morgan fingerprint density at radius 2 is 1.74 bits per heavy atom. The second-order valence-corrected chi connectivity index (χ2v) is 10.00. The van der Waals surface area contributed by atoms with Crippen molar-refractivity contribution in [1.82, 2.24) is 15.1 Å². The lowest BCUT2D eigenvalue weighted by Gasteiger charge is -2.39. The number of carbonyl (C=O) groups excluding carboxylic acids is 2. The van der Waals surface area contributed by atoms with Gasteiger partial charge in [0.25, 0.3) is 5.91 Å². The molecule has 1 amide bonds. The third kappa shape index (κ3) is 5.72. The first-order valence-electron chi connectivity index (χ1n) is 12.7. The molecule has 1 aliphatic carbocycles. The maximum atomic E-state index is 11.7. The summed E-state index contributed by atoms with van der Waals surface area (Å²) < 4.78 is 31.7.